The molecule has 5 heavy (non-hydrogen) atoms. The molecule has 2 N–H and O–H groups in total. The summed E-state index contributed by atoms with van der Waals surface area (Å²) in [5, 5.41) is 0. The van der Waals surface area contributed by atoms with Crippen molar-refractivity contribution in [1.29, 1.82) is 0 Å². The number of hydrogen-bond donors (Lipinski definition) is 0. The Morgan fingerprint density at radius 2 is 0.400 bits per heavy atom. The van der Waals surface area contributed by atoms with Gasteiger partial charge in [-0.2, -0.15) is 0 Å². The molecule has 0 saturated carbocycles. The zero-order valence-electron chi connectivity index (χ0n) is 4.50. The standard InChI is InChI=1S/4Na.H2O/h;;;;1H2. The third-order valence-corrected chi connectivity index (χ3v) is 0. The van der Waals surface area contributed by atoms with Crippen LogP contribution in [0.5, 0.6) is 0 Å². The smallest absolute Gasteiger partial charge is 0 e. The van der Waals surface area contributed by atoms with Crippen LogP contribution in [0.25, 0.3) is 0 Å². The van der Waals surface area contributed by atoms with Crippen LogP contribution < -0.4 is 0 Å². The minimum absolute atomic E-state index is 0. The zero-order chi connectivity index (χ0) is 0. The molecule has 0 spiro atoms. The Bertz CT molecular complexity index is 3.61. The quantitative estimate of drug-likeness (QED) is 0.313. The van der Waals surface area contributed by atoms with Crippen molar-refractivity contribution in [3.8, 4) is 0 Å². The van der Waals surface area contributed by atoms with Gasteiger partial charge in [0, 0.05) is 118 Å². The van der Waals surface area contributed by atoms with Gasteiger partial charge >= 0.3 is 0 Å². The van der Waals surface area contributed by atoms with E-state index in [1.54, 1.807) is 0 Å². The van der Waals surface area contributed by atoms with Gasteiger partial charge in [0.1, 0.15) is 0 Å². The largest absolute Gasteiger partial charge is 0.412 e. The summed E-state index contributed by atoms with van der Waals surface area (Å²) in [6, 6.07) is 0. The molecule has 0 aromatic rings. The maximum absolute atomic E-state index is 0. The maximum Gasteiger partial charge on any atom is 0 e. The Hall–Kier alpha value is 3.96. The van der Waals surface area contributed by atoms with E-state index in [-0.39, 0.29) is 124 Å². The van der Waals surface area contributed by atoms with E-state index in [9.17, 15) is 0 Å². The van der Waals surface area contributed by atoms with E-state index in [1.165, 1.54) is 0 Å². The fourth-order valence-corrected chi connectivity index (χ4v) is 0. The summed E-state index contributed by atoms with van der Waals surface area (Å²) in [5.41, 5.74) is 0. The first kappa shape index (κ1) is 36.2. The SMILES string of the molecule is O.[Na].[Na].[Na].[Na]. The van der Waals surface area contributed by atoms with Gasteiger partial charge in [-0.1, -0.05) is 0 Å². The van der Waals surface area contributed by atoms with Crippen molar-refractivity contribution in [3.63, 3.8) is 0 Å². The second-order valence-electron chi connectivity index (χ2n) is 0. The van der Waals surface area contributed by atoms with Gasteiger partial charge in [0.15, 0.2) is 0 Å². The van der Waals surface area contributed by atoms with E-state index < -0.39 is 0 Å². The van der Waals surface area contributed by atoms with Crippen LogP contribution in [0, 0.1) is 0 Å². The molecule has 0 aliphatic rings. The van der Waals surface area contributed by atoms with E-state index in [0.29, 0.717) is 0 Å². The Balaban J connectivity index is 0. The van der Waals surface area contributed by atoms with Crippen LogP contribution in [-0.2, 0) is 0 Å². The molecule has 0 aromatic carbocycles. The van der Waals surface area contributed by atoms with E-state index in [2.05, 4.69) is 0 Å². The molecule has 4 radical (unpaired) electrons. The maximum atomic E-state index is 0. The second-order valence-corrected chi connectivity index (χ2v) is 0. The average Bonchev–Trinajstić information content (AvgIpc) is 0. The molecule has 0 saturated heterocycles. The summed E-state index contributed by atoms with van der Waals surface area (Å²) in [5.74, 6) is 0. The van der Waals surface area contributed by atoms with Crippen LogP contribution >= 0.6 is 0 Å². The van der Waals surface area contributed by atoms with Crippen molar-refractivity contribution in [1.82, 2.24) is 0 Å². The van der Waals surface area contributed by atoms with E-state index >= 15 is 0 Å². The predicted molar refractivity (Wildman–Crippen MR) is 26.6 cm³/mol. The van der Waals surface area contributed by atoms with Crippen molar-refractivity contribution in [3.05, 3.63) is 0 Å². The molecule has 0 amide bonds. The molecular formula is H2Na4O. The van der Waals surface area contributed by atoms with Crippen LogP contribution in [-0.4, -0.2) is 124 Å². The van der Waals surface area contributed by atoms with Gasteiger partial charge in [-0.05, 0) is 0 Å². The third kappa shape index (κ3) is 18.0. The van der Waals surface area contributed by atoms with E-state index in [1.807, 2.05) is 0 Å². The van der Waals surface area contributed by atoms with Gasteiger partial charge < -0.3 is 5.48 Å². The minimum Gasteiger partial charge on any atom is -0.412 e. The van der Waals surface area contributed by atoms with Crippen molar-refractivity contribution in [2.75, 3.05) is 0 Å². The first-order chi connectivity index (χ1) is 0. The normalized spacial score (nSPS) is 0. The summed E-state index contributed by atoms with van der Waals surface area (Å²) in [6.45, 7) is 0. The Morgan fingerprint density at radius 1 is 0.400 bits per heavy atom. The van der Waals surface area contributed by atoms with Crippen LogP contribution in [0.4, 0.5) is 0 Å². The molecule has 12 valence electrons. The van der Waals surface area contributed by atoms with Crippen LogP contribution in [0.1, 0.15) is 0 Å². The van der Waals surface area contributed by atoms with Gasteiger partial charge in [0.05, 0.1) is 0 Å². The molecule has 0 aromatic heterocycles. The van der Waals surface area contributed by atoms with Crippen LogP contribution in [0.3, 0.4) is 0 Å². The van der Waals surface area contributed by atoms with E-state index in [4.69, 9.17) is 0 Å². The van der Waals surface area contributed by atoms with Gasteiger partial charge in [-0.25, -0.2) is 0 Å². The molecule has 0 aliphatic heterocycles. The molecule has 0 heterocycles. The van der Waals surface area contributed by atoms with E-state index in [0.717, 1.165) is 0 Å². The third-order valence-electron chi connectivity index (χ3n) is 0. The van der Waals surface area contributed by atoms with Gasteiger partial charge in [-0.15, -0.1) is 0 Å². The topological polar surface area (TPSA) is 31.5 Å². The molecule has 0 rings (SSSR count). The first-order valence-electron chi connectivity index (χ1n) is 0. The number of hydrogen-bond acceptors (Lipinski definition) is 0. The van der Waals surface area contributed by atoms with Crippen molar-refractivity contribution < 1.29 is 5.48 Å². The molecule has 0 aliphatic carbocycles. The van der Waals surface area contributed by atoms with Gasteiger partial charge in [-0.3, -0.25) is 0 Å². The summed E-state index contributed by atoms with van der Waals surface area (Å²) >= 11 is 0. The number of rotatable bonds is 0. The second kappa shape index (κ2) is 24.6. The fraction of sp³-hybridized carbons (Fsp3) is 0. The Labute approximate surface area is 121 Å². The molecule has 0 fully saturated rings. The molecular weight excluding hydrogens is 108 g/mol. The van der Waals surface area contributed by atoms with Gasteiger partial charge in [0.2, 0.25) is 0 Å². The Morgan fingerprint density at radius 3 is 0.400 bits per heavy atom. The van der Waals surface area contributed by atoms with Crippen molar-refractivity contribution in [2.45, 2.75) is 0 Å². The average molecular weight is 110 g/mol. The fourth-order valence-electron chi connectivity index (χ4n) is 0. The monoisotopic (exact) mass is 110 g/mol. The van der Waals surface area contributed by atoms with Crippen molar-refractivity contribution >= 4 is 118 Å². The van der Waals surface area contributed by atoms with Gasteiger partial charge in [0.25, 0.3) is 0 Å². The molecule has 0 bridgehead atoms. The zero-order valence-corrected chi connectivity index (χ0v) is 12.5. The predicted octanol–water partition coefficient (Wildman–Crippen LogP) is -2.35. The molecule has 5 heteroatoms. The summed E-state index contributed by atoms with van der Waals surface area (Å²) in [7, 11) is 0. The molecule has 0 atom stereocenters. The first-order valence-corrected chi connectivity index (χ1v) is 0. The summed E-state index contributed by atoms with van der Waals surface area (Å²) in [4.78, 5) is 0. The Kier molecular flexibility index (Phi) is 178. The molecule has 1 nitrogen and oxygen atoms in total. The van der Waals surface area contributed by atoms with Crippen LogP contribution in [0.15, 0.2) is 0 Å². The van der Waals surface area contributed by atoms with Crippen molar-refractivity contribution in [2.24, 2.45) is 0 Å². The van der Waals surface area contributed by atoms with Crippen LogP contribution in [0.2, 0.25) is 0 Å². The summed E-state index contributed by atoms with van der Waals surface area (Å²) < 4.78 is 0. The summed E-state index contributed by atoms with van der Waals surface area (Å²) in [6.07, 6.45) is 0. The minimum atomic E-state index is 0. The molecule has 0 unspecified atom stereocenters.